The Labute approximate surface area is 111 Å². The van der Waals surface area contributed by atoms with E-state index >= 15 is 0 Å². The molecule has 0 aliphatic carbocycles. The molecule has 2 aliphatic heterocycles. The van der Waals surface area contributed by atoms with Crippen LogP contribution in [0.15, 0.2) is 0 Å². The third kappa shape index (κ3) is 3.25. The molecule has 2 rings (SSSR count). The lowest BCUT2D eigenvalue weighted by Gasteiger charge is -2.30. The molecule has 0 aromatic heterocycles. The molecule has 106 valence electrons. The lowest BCUT2D eigenvalue weighted by molar-refractivity contribution is 0.310. The Kier molecular flexibility index (Phi) is 4.67. The van der Waals surface area contributed by atoms with Gasteiger partial charge in [-0.25, -0.2) is 8.42 Å². The van der Waals surface area contributed by atoms with Crippen LogP contribution in [0.4, 0.5) is 0 Å². The molecule has 2 fully saturated rings. The molecule has 0 saturated carbocycles. The average Bonchev–Trinajstić information content (AvgIpc) is 2.79. The molecule has 0 aromatic carbocycles. The summed E-state index contributed by atoms with van der Waals surface area (Å²) in [6.45, 7) is 6.88. The van der Waals surface area contributed by atoms with Crippen molar-refractivity contribution in [1.29, 1.82) is 0 Å². The number of hydrogen-bond donors (Lipinski definition) is 1. The topological polar surface area (TPSA) is 49.4 Å². The van der Waals surface area contributed by atoms with Crippen molar-refractivity contribution in [2.75, 3.05) is 25.4 Å². The minimum atomic E-state index is -3.06. The largest absolute Gasteiger partial charge is 0.316 e. The van der Waals surface area contributed by atoms with E-state index < -0.39 is 10.0 Å². The van der Waals surface area contributed by atoms with E-state index in [0.717, 1.165) is 45.3 Å². The fourth-order valence-corrected chi connectivity index (χ4v) is 5.48. The first-order valence-electron chi connectivity index (χ1n) is 7.21. The SMILES string of the molecule is CC(C)C1CCCN1S(=O)(=O)CC1CCCNC1. The Morgan fingerprint density at radius 2 is 2.06 bits per heavy atom. The van der Waals surface area contributed by atoms with Crippen molar-refractivity contribution >= 4 is 10.0 Å². The molecule has 2 heterocycles. The van der Waals surface area contributed by atoms with Crippen molar-refractivity contribution in [3.63, 3.8) is 0 Å². The lowest BCUT2D eigenvalue weighted by Crippen LogP contribution is -2.43. The molecule has 1 N–H and O–H groups in total. The Morgan fingerprint density at radius 3 is 2.67 bits per heavy atom. The molecule has 0 spiro atoms. The minimum absolute atomic E-state index is 0.228. The summed E-state index contributed by atoms with van der Waals surface area (Å²) in [4.78, 5) is 0. The number of hydrogen-bond acceptors (Lipinski definition) is 3. The van der Waals surface area contributed by atoms with Crippen molar-refractivity contribution < 1.29 is 8.42 Å². The van der Waals surface area contributed by atoms with Crippen LogP contribution in [0.5, 0.6) is 0 Å². The van der Waals surface area contributed by atoms with Crippen LogP contribution in [-0.2, 0) is 10.0 Å². The third-order valence-corrected chi connectivity index (χ3v) is 6.28. The van der Waals surface area contributed by atoms with Crippen LogP contribution in [-0.4, -0.2) is 44.2 Å². The first-order chi connectivity index (χ1) is 8.50. The van der Waals surface area contributed by atoms with E-state index in [4.69, 9.17) is 0 Å². The van der Waals surface area contributed by atoms with Gasteiger partial charge in [0.15, 0.2) is 0 Å². The molecule has 0 aromatic rings. The van der Waals surface area contributed by atoms with Gasteiger partial charge in [-0.1, -0.05) is 13.8 Å². The second kappa shape index (κ2) is 5.88. The third-order valence-electron chi connectivity index (χ3n) is 4.22. The first-order valence-corrected chi connectivity index (χ1v) is 8.82. The van der Waals surface area contributed by atoms with E-state index in [2.05, 4.69) is 19.2 Å². The van der Waals surface area contributed by atoms with Crippen LogP contribution in [0.1, 0.15) is 39.5 Å². The van der Waals surface area contributed by atoms with Gasteiger partial charge in [-0.2, -0.15) is 4.31 Å². The predicted octanol–water partition coefficient (Wildman–Crippen LogP) is 1.44. The van der Waals surface area contributed by atoms with E-state index in [9.17, 15) is 8.42 Å². The monoisotopic (exact) mass is 274 g/mol. The van der Waals surface area contributed by atoms with Crippen LogP contribution in [0.2, 0.25) is 0 Å². The van der Waals surface area contributed by atoms with Crippen LogP contribution in [0, 0.1) is 11.8 Å². The summed E-state index contributed by atoms with van der Waals surface area (Å²) in [7, 11) is -3.06. The highest BCUT2D eigenvalue weighted by Gasteiger charge is 2.36. The van der Waals surface area contributed by atoms with Crippen molar-refractivity contribution in [1.82, 2.24) is 9.62 Å². The lowest BCUT2D eigenvalue weighted by atomic mass is 10.0. The fraction of sp³-hybridized carbons (Fsp3) is 1.00. The quantitative estimate of drug-likeness (QED) is 0.844. The molecule has 18 heavy (non-hydrogen) atoms. The molecule has 2 aliphatic rings. The number of piperidine rings is 1. The fourth-order valence-electron chi connectivity index (χ4n) is 3.24. The molecule has 0 amide bonds. The Bertz CT molecular complexity index is 361. The van der Waals surface area contributed by atoms with E-state index in [-0.39, 0.29) is 6.04 Å². The summed E-state index contributed by atoms with van der Waals surface area (Å²) in [5.74, 6) is 1.06. The van der Waals surface area contributed by atoms with Crippen molar-refractivity contribution in [2.45, 2.75) is 45.6 Å². The number of rotatable bonds is 4. The van der Waals surface area contributed by atoms with Gasteiger partial charge in [0.05, 0.1) is 5.75 Å². The minimum Gasteiger partial charge on any atom is -0.316 e. The van der Waals surface area contributed by atoms with Gasteiger partial charge in [-0.05, 0) is 50.6 Å². The van der Waals surface area contributed by atoms with Crippen molar-refractivity contribution in [2.24, 2.45) is 11.8 Å². The molecule has 2 saturated heterocycles. The molecule has 5 heteroatoms. The Balaban J connectivity index is 2.00. The molecular formula is C13H26N2O2S. The van der Waals surface area contributed by atoms with E-state index in [0.29, 0.717) is 17.6 Å². The predicted molar refractivity (Wildman–Crippen MR) is 73.9 cm³/mol. The molecule has 2 atom stereocenters. The molecular weight excluding hydrogens is 248 g/mol. The number of nitrogens with zero attached hydrogens (tertiary/aromatic N) is 1. The second-order valence-electron chi connectivity index (χ2n) is 6.06. The second-order valence-corrected chi connectivity index (χ2v) is 8.02. The van der Waals surface area contributed by atoms with Gasteiger partial charge in [-0.3, -0.25) is 0 Å². The Hall–Kier alpha value is -0.130. The van der Waals surface area contributed by atoms with Crippen LogP contribution < -0.4 is 5.32 Å². The summed E-state index contributed by atoms with van der Waals surface area (Å²) < 4.78 is 26.8. The molecule has 0 bridgehead atoms. The maximum absolute atomic E-state index is 12.5. The summed E-state index contributed by atoms with van der Waals surface area (Å²) in [6, 6.07) is 0.228. The summed E-state index contributed by atoms with van der Waals surface area (Å²) in [6.07, 6.45) is 4.20. The van der Waals surface area contributed by atoms with E-state index in [1.54, 1.807) is 4.31 Å². The zero-order valence-corrected chi connectivity index (χ0v) is 12.4. The molecule has 4 nitrogen and oxygen atoms in total. The van der Waals surface area contributed by atoms with Crippen molar-refractivity contribution in [3.05, 3.63) is 0 Å². The van der Waals surface area contributed by atoms with E-state index in [1.807, 2.05) is 0 Å². The van der Waals surface area contributed by atoms with Gasteiger partial charge in [0, 0.05) is 12.6 Å². The highest BCUT2D eigenvalue weighted by molar-refractivity contribution is 7.89. The summed E-state index contributed by atoms with van der Waals surface area (Å²) >= 11 is 0. The maximum atomic E-state index is 12.5. The van der Waals surface area contributed by atoms with Crippen LogP contribution in [0.25, 0.3) is 0 Å². The van der Waals surface area contributed by atoms with Gasteiger partial charge < -0.3 is 5.32 Å². The van der Waals surface area contributed by atoms with E-state index in [1.165, 1.54) is 0 Å². The first kappa shape index (κ1) is 14.3. The number of nitrogens with one attached hydrogen (secondary N) is 1. The highest BCUT2D eigenvalue weighted by Crippen LogP contribution is 2.28. The van der Waals surface area contributed by atoms with Gasteiger partial charge in [0.25, 0.3) is 0 Å². The summed E-state index contributed by atoms with van der Waals surface area (Å²) in [5, 5.41) is 3.30. The smallest absolute Gasteiger partial charge is 0.214 e. The highest BCUT2D eigenvalue weighted by atomic mass is 32.2. The Morgan fingerprint density at radius 1 is 1.28 bits per heavy atom. The average molecular weight is 274 g/mol. The molecule has 0 radical (unpaired) electrons. The van der Waals surface area contributed by atoms with Crippen molar-refractivity contribution in [3.8, 4) is 0 Å². The van der Waals surface area contributed by atoms with Gasteiger partial charge in [0.1, 0.15) is 0 Å². The van der Waals surface area contributed by atoms with Crippen LogP contribution in [0.3, 0.4) is 0 Å². The normalized spacial score (nSPS) is 31.1. The number of sulfonamides is 1. The van der Waals surface area contributed by atoms with Gasteiger partial charge in [-0.15, -0.1) is 0 Å². The van der Waals surface area contributed by atoms with Crippen LogP contribution >= 0.6 is 0 Å². The molecule has 2 unspecified atom stereocenters. The summed E-state index contributed by atoms with van der Waals surface area (Å²) in [5.41, 5.74) is 0. The zero-order chi connectivity index (χ0) is 13.2. The maximum Gasteiger partial charge on any atom is 0.214 e. The van der Waals surface area contributed by atoms with Gasteiger partial charge >= 0.3 is 0 Å². The standard InChI is InChI=1S/C13H26N2O2S/c1-11(2)13-6-4-8-15(13)18(16,17)10-12-5-3-7-14-9-12/h11-14H,3-10H2,1-2H3. The zero-order valence-electron chi connectivity index (χ0n) is 11.6. The van der Waals surface area contributed by atoms with Gasteiger partial charge in [0.2, 0.25) is 10.0 Å².